The predicted octanol–water partition coefficient (Wildman–Crippen LogP) is 4.51. The number of anilines is 1. The van der Waals surface area contributed by atoms with Crippen LogP contribution in [0.3, 0.4) is 0 Å². The van der Waals surface area contributed by atoms with Crippen molar-refractivity contribution in [2.45, 2.75) is 38.5 Å². The van der Waals surface area contributed by atoms with Crippen LogP contribution in [0.1, 0.15) is 47.6 Å². The number of aromatic nitrogens is 3. The Kier molecular flexibility index (Phi) is 5.42. The van der Waals surface area contributed by atoms with Gasteiger partial charge in [0.25, 0.3) is 5.91 Å². The number of hydrogen-bond donors (Lipinski definition) is 0. The van der Waals surface area contributed by atoms with Crippen molar-refractivity contribution < 1.29 is 27.2 Å². The summed E-state index contributed by atoms with van der Waals surface area (Å²) in [5, 5.41) is 1.03. The molecule has 178 valence electrons. The standard InChI is InChI=1S/C22H19F4N5O2S/c1-12-17-18(30-8-2-3-16(30)32)28-19(20-27-15(11-34-20)22(24,25)26)31(17)10-9-29(12)21(33)13-4-6-14(23)7-5-13/h4-7,11-12H,2-3,8-10H2,1H3. The second-order valence-corrected chi connectivity index (χ2v) is 9.02. The number of benzene rings is 1. The molecule has 0 spiro atoms. The molecule has 2 aromatic heterocycles. The maximum absolute atomic E-state index is 13.3. The largest absolute Gasteiger partial charge is 0.434 e. The molecule has 4 heterocycles. The van der Waals surface area contributed by atoms with Crippen LogP contribution in [-0.4, -0.2) is 44.3 Å². The van der Waals surface area contributed by atoms with E-state index in [4.69, 9.17) is 0 Å². The highest BCUT2D eigenvalue weighted by molar-refractivity contribution is 7.13. The zero-order valence-electron chi connectivity index (χ0n) is 18.0. The Balaban J connectivity index is 1.58. The van der Waals surface area contributed by atoms with Crippen molar-refractivity contribution in [1.29, 1.82) is 0 Å². The molecule has 5 rings (SSSR count). The summed E-state index contributed by atoms with van der Waals surface area (Å²) in [7, 11) is 0. The molecule has 1 unspecified atom stereocenters. The summed E-state index contributed by atoms with van der Waals surface area (Å²) in [5.74, 6) is -0.315. The van der Waals surface area contributed by atoms with Crippen LogP contribution in [0.2, 0.25) is 0 Å². The summed E-state index contributed by atoms with van der Waals surface area (Å²) >= 11 is 0.832. The fourth-order valence-corrected chi connectivity index (χ4v) is 5.24. The Hall–Kier alpha value is -3.28. The molecule has 2 aliphatic rings. The number of carbonyl (C=O) groups excluding carboxylic acids is 2. The highest BCUT2D eigenvalue weighted by atomic mass is 32.1. The van der Waals surface area contributed by atoms with Gasteiger partial charge >= 0.3 is 6.18 Å². The van der Waals surface area contributed by atoms with Crippen LogP contribution >= 0.6 is 11.3 Å². The summed E-state index contributed by atoms with van der Waals surface area (Å²) in [6.45, 7) is 2.74. The second kappa shape index (κ2) is 8.19. The van der Waals surface area contributed by atoms with E-state index in [-0.39, 0.29) is 35.7 Å². The number of fused-ring (bicyclic) bond motifs is 1. The van der Waals surface area contributed by atoms with Crippen LogP contribution in [0.25, 0.3) is 10.8 Å². The number of halogens is 4. The van der Waals surface area contributed by atoms with E-state index < -0.39 is 23.7 Å². The van der Waals surface area contributed by atoms with Crippen LogP contribution in [0.15, 0.2) is 29.6 Å². The SMILES string of the molecule is CC1c2c(N3CCCC3=O)nc(-c3nc(C(F)(F)F)cs3)n2CCN1C(=O)c1ccc(F)cc1. The molecule has 0 radical (unpaired) electrons. The van der Waals surface area contributed by atoms with Gasteiger partial charge in [0.15, 0.2) is 22.3 Å². The summed E-state index contributed by atoms with van der Waals surface area (Å²) in [5.41, 5.74) is -0.119. The molecule has 0 aliphatic carbocycles. The average Bonchev–Trinajstić information content (AvgIpc) is 3.51. The van der Waals surface area contributed by atoms with Gasteiger partial charge in [0.05, 0.1) is 11.7 Å². The lowest BCUT2D eigenvalue weighted by atomic mass is 10.1. The van der Waals surface area contributed by atoms with E-state index in [9.17, 15) is 27.2 Å². The molecule has 0 saturated carbocycles. The van der Waals surface area contributed by atoms with Crippen molar-refractivity contribution >= 4 is 29.0 Å². The van der Waals surface area contributed by atoms with Gasteiger partial charge in [0.2, 0.25) is 5.91 Å². The summed E-state index contributed by atoms with van der Waals surface area (Å²) in [4.78, 5) is 37.1. The molecule has 1 saturated heterocycles. The van der Waals surface area contributed by atoms with Gasteiger partial charge in [-0.1, -0.05) is 0 Å². The Morgan fingerprint density at radius 2 is 1.85 bits per heavy atom. The lowest BCUT2D eigenvalue weighted by Gasteiger charge is -2.36. The molecule has 1 aromatic carbocycles. The van der Waals surface area contributed by atoms with Crippen molar-refractivity contribution in [3.05, 3.63) is 52.4 Å². The quantitative estimate of drug-likeness (QED) is 0.504. The zero-order valence-corrected chi connectivity index (χ0v) is 18.8. The van der Waals surface area contributed by atoms with Crippen LogP contribution in [0.4, 0.5) is 23.4 Å². The van der Waals surface area contributed by atoms with Crippen LogP contribution in [-0.2, 0) is 17.5 Å². The van der Waals surface area contributed by atoms with Crippen LogP contribution in [0, 0.1) is 5.82 Å². The lowest BCUT2D eigenvalue weighted by molar-refractivity contribution is -0.140. The van der Waals surface area contributed by atoms with Crippen LogP contribution < -0.4 is 4.90 Å². The minimum Gasteiger partial charge on any atom is -0.328 e. The number of hydrogen-bond acceptors (Lipinski definition) is 5. The minimum atomic E-state index is -4.58. The Morgan fingerprint density at radius 3 is 2.47 bits per heavy atom. The van der Waals surface area contributed by atoms with E-state index in [0.29, 0.717) is 36.5 Å². The maximum Gasteiger partial charge on any atom is 0.434 e. The fraction of sp³-hybridized carbons (Fsp3) is 0.364. The van der Waals surface area contributed by atoms with Gasteiger partial charge in [0.1, 0.15) is 5.82 Å². The molecular weight excluding hydrogens is 474 g/mol. The fourth-order valence-electron chi connectivity index (χ4n) is 4.42. The molecule has 0 N–H and O–H groups in total. The van der Waals surface area contributed by atoms with Crippen molar-refractivity contribution in [3.8, 4) is 10.8 Å². The van der Waals surface area contributed by atoms with Crippen molar-refractivity contribution in [3.63, 3.8) is 0 Å². The molecular formula is C22H19F4N5O2S. The molecule has 7 nitrogen and oxygen atoms in total. The third kappa shape index (κ3) is 3.75. The second-order valence-electron chi connectivity index (χ2n) is 8.16. The summed E-state index contributed by atoms with van der Waals surface area (Å²) in [6, 6.07) is 4.69. The smallest absolute Gasteiger partial charge is 0.328 e. The van der Waals surface area contributed by atoms with E-state index in [0.717, 1.165) is 16.7 Å². The number of thiazole rings is 1. The molecule has 3 aromatic rings. The first-order valence-corrected chi connectivity index (χ1v) is 11.5. The van der Waals surface area contributed by atoms with Gasteiger partial charge < -0.3 is 9.47 Å². The molecule has 2 aliphatic heterocycles. The molecule has 1 fully saturated rings. The lowest BCUT2D eigenvalue weighted by Crippen LogP contribution is -2.42. The van der Waals surface area contributed by atoms with Gasteiger partial charge in [-0.15, -0.1) is 11.3 Å². The van der Waals surface area contributed by atoms with E-state index in [1.807, 2.05) is 0 Å². The van der Waals surface area contributed by atoms with E-state index >= 15 is 0 Å². The highest BCUT2D eigenvalue weighted by Crippen LogP contribution is 2.41. The number of carbonyl (C=O) groups is 2. The van der Waals surface area contributed by atoms with Gasteiger partial charge in [-0.2, -0.15) is 13.2 Å². The molecule has 12 heteroatoms. The number of imidazole rings is 1. The number of nitrogens with zero attached hydrogens (tertiary/aromatic N) is 5. The Morgan fingerprint density at radius 1 is 1.12 bits per heavy atom. The summed E-state index contributed by atoms with van der Waals surface area (Å²) in [6.07, 6.45) is -3.59. The third-order valence-corrected chi connectivity index (χ3v) is 6.92. The van der Waals surface area contributed by atoms with Crippen molar-refractivity contribution in [1.82, 2.24) is 19.4 Å². The van der Waals surface area contributed by atoms with Gasteiger partial charge in [0, 0.05) is 37.0 Å². The number of rotatable bonds is 3. The number of alkyl halides is 3. The number of amides is 2. The molecule has 2 amide bonds. The van der Waals surface area contributed by atoms with Gasteiger partial charge in [-0.05, 0) is 37.6 Å². The van der Waals surface area contributed by atoms with E-state index in [1.54, 1.807) is 16.4 Å². The molecule has 0 bridgehead atoms. The predicted molar refractivity (Wildman–Crippen MR) is 116 cm³/mol. The first-order valence-electron chi connectivity index (χ1n) is 10.7. The van der Waals surface area contributed by atoms with Gasteiger partial charge in [-0.25, -0.2) is 14.4 Å². The highest BCUT2D eigenvalue weighted by Gasteiger charge is 2.39. The summed E-state index contributed by atoms with van der Waals surface area (Å²) < 4.78 is 54.5. The minimum absolute atomic E-state index is 0.0944. The first kappa shape index (κ1) is 22.5. The van der Waals surface area contributed by atoms with E-state index in [1.165, 1.54) is 29.2 Å². The van der Waals surface area contributed by atoms with E-state index in [2.05, 4.69) is 9.97 Å². The first-order chi connectivity index (χ1) is 16.1. The van der Waals surface area contributed by atoms with Crippen molar-refractivity contribution in [2.75, 3.05) is 18.0 Å². The monoisotopic (exact) mass is 493 g/mol. The van der Waals surface area contributed by atoms with Crippen molar-refractivity contribution in [2.24, 2.45) is 0 Å². The topological polar surface area (TPSA) is 71.3 Å². The molecule has 34 heavy (non-hydrogen) atoms. The van der Waals surface area contributed by atoms with Crippen LogP contribution in [0.5, 0.6) is 0 Å². The normalized spacial score (nSPS) is 18.5. The Bertz CT molecular complexity index is 1270. The zero-order chi connectivity index (χ0) is 24.2. The van der Waals surface area contributed by atoms with Gasteiger partial charge in [-0.3, -0.25) is 14.5 Å². The Labute approximate surface area is 195 Å². The third-order valence-electron chi connectivity index (χ3n) is 6.08. The maximum atomic E-state index is 13.3. The molecule has 1 atom stereocenters. The average molecular weight is 493 g/mol.